The lowest BCUT2D eigenvalue weighted by molar-refractivity contribution is 0.0282. The smallest absolute Gasteiger partial charge is 0.0586 e. The van der Waals surface area contributed by atoms with Crippen LogP contribution in [0.2, 0.25) is 0 Å². The number of benzene rings is 1. The number of fused-ring (bicyclic) bond motifs is 5. The molecule has 0 amide bonds. The topological polar surface area (TPSA) is 65.3 Å². The lowest BCUT2D eigenvalue weighted by Crippen LogP contribution is -2.53. The number of anilines is 1. The molecule has 0 spiro atoms. The third-order valence-electron chi connectivity index (χ3n) is 5.51. The first-order valence-electron chi connectivity index (χ1n) is 7.91. The molecule has 2 unspecified atom stereocenters. The van der Waals surface area contributed by atoms with E-state index in [0.29, 0.717) is 0 Å². The molecule has 1 aromatic heterocycles. The largest absolute Gasteiger partial charge is 0.399 e. The van der Waals surface area contributed by atoms with E-state index in [1.165, 1.54) is 35.9 Å². The highest BCUT2D eigenvalue weighted by Gasteiger charge is 2.45. The lowest BCUT2D eigenvalue weighted by atomic mass is 9.76. The van der Waals surface area contributed by atoms with E-state index in [2.05, 4.69) is 22.9 Å². The molecule has 0 aliphatic carbocycles. The predicted molar refractivity (Wildman–Crippen MR) is 85.3 cm³/mol. The number of H-pyrrole nitrogens is 1. The monoisotopic (exact) mass is 285 g/mol. The number of hydrogen-bond donors (Lipinski definition) is 3. The van der Waals surface area contributed by atoms with E-state index in [4.69, 9.17) is 5.73 Å². The first-order chi connectivity index (χ1) is 10.1. The molecule has 2 aromatic rings. The SMILES string of the molecule is CC12CCCCN1CC(CO)c1c2[nH]c2cc(N)ccc12. The fourth-order valence-corrected chi connectivity index (χ4v) is 4.34. The van der Waals surface area contributed by atoms with E-state index in [-0.39, 0.29) is 18.1 Å². The van der Waals surface area contributed by atoms with Crippen molar-refractivity contribution in [3.8, 4) is 0 Å². The maximum atomic E-state index is 9.88. The predicted octanol–water partition coefficient (Wildman–Crippen LogP) is 2.54. The molecule has 0 radical (unpaired) electrons. The fourth-order valence-electron chi connectivity index (χ4n) is 4.34. The van der Waals surface area contributed by atoms with Gasteiger partial charge in [0.05, 0.1) is 12.1 Å². The minimum Gasteiger partial charge on any atom is -0.399 e. The third-order valence-corrected chi connectivity index (χ3v) is 5.51. The molecule has 112 valence electrons. The van der Waals surface area contributed by atoms with Gasteiger partial charge in [0.2, 0.25) is 0 Å². The summed E-state index contributed by atoms with van der Waals surface area (Å²) in [5, 5.41) is 11.1. The van der Waals surface area contributed by atoms with Crippen molar-refractivity contribution in [2.24, 2.45) is 0 Å². The number of nitrogens with two attached hydrogens (primary N) is 1. The summed E-state index contributed by atoms with van der Waals surface area (Å²) in [6, 6.07) is 6.07. The minimum atomic E-state index is 0.0764. The standard InChI is InChI=1S/C17H23N3O/c1-17-6-2-3-7-20(17)9-11(10-21)15-13-5-4-12(18)8-14(13)19-16(15)17/h4-5,8,11,19,21H,2-3,6-7,9-10,18H2,1H3. The van der Waals surface area contributed by atoms with Gasteiger partial charge in [-0.25, -0.2) is 0 Å². The van der Waals surface area contributed by atoms with Crippen molar-refractivity contribution in [2.75, 3.05) is 25.4 Å². The quantitative estimate of drug-likeness (QED) is 0.705. The Labute approximate surface area is 124 Å². The minimum absolute atomic E-state index is 0.0764. The molecule has 2 aliphatic rings. The van der Waals surface area contributed by atoms with E-state index in [9.17, 15) is 5.11 Å². The van der Waals surface area contributed by atoms with Gasteiger partial charge in [-0.2, -0.15) is 0 Å². The number of aliphatic hydroxyl groups is 1. The Hall–Kier alpha value is -1.52. The lowest BCUT2D eigenvalue weighted by Gasteiger charge is -2.50. The summed E-state index contributed by atoms with van der Waals surface area (Å²) >= 11 is 0. The number of aromatic nitrogens is 1. The molecule has 21 heavy (non-hydrogen) atoms. The van der Waals surface area contributed by atoms with Crippen LogP contribution in [0.25, 0.3) is 10.9 Å². The Bertz CT molecular complexity index is 693. The van der Waals surface area contributed by atoms with Crippen LogP contribution in [0.15, 0.2) is 18.2 Å². The molecule has 1 aromatic carbocycles. The Balaban J connectivity index is 1.98. The zero-order chi connectivity index (χ0) is 14.6. The number of aromatic amines is 1. The van der Waals surface area contributed by atoms with Gasteiger partial charge in [0, 0.05) is 34.7 Å². The molecule has 4 heteroatoms. The van der Waals surface area contributed by atoms with E-state index in [1.54, 1.807) is 0 Å². The van der Waals surface area contributed by atoms with Crippen LogP contribution in [0.3, 0.4) is 0 Å². The van der Waals surface area contributed by atoms with Crippen molar-refractivity contribution < 1.29 is 5.11 Å². The summed E-state index contributed by atoms with van der Waals surface area (Å²) in [4.78, 5) is 6.18. The highest BCUT2D eigenvalue weighted by atomic mass is 16.3. The summed E-state index contributed by atoms with van der Waals surface area (Å²) < 4.78 is 0. The van der Waals surface area contributed by atoms with Crippen LogP contribution < -0.4 is 5.73 Å². The molecule has 1 fully saturated rings. The van der Waals surface area contributed by atoms with Gasteiger partial charge < -0.3 is 15.8 Å². The van der Waals surface area contributed by atoms with Crippen molar-refractivity contribution in [3.63, 3.8) is 0 Å². The van der Waals surface area contributed by atoms with Crippen LogP contribution >= 0.6 is 0 Å². The molecule has 0 saturated carbocycles. The molecule has 2 atom stereocenters. The molecule has 0 bridgehead atoms. The number of hydrogen-bond acceptors (Lipinski definition) is 3. The fraction of sp³-hybridized carbons (Fsp3) is 0.529. The van der Waals surface area contributed by atoms with Gasteiger partial charge >= 0.3 is 0 Å². The van der Waals surface area contributed by atoms with Crippen LogP contribution in [0.5, 0.6) is 0 Å². The molecule has 1 saturated heterocycles. The second-order valence-electron chi connectivity index (χ2n) is 6.78. The number of rotatable bonds is 1. The zero-order valence-corrected chi connectivity index (χ0v) is 12.5. The Morgan fingerprint density at radius 1 is 1.43 bits per heavy atom. The molecule has 4 N–H and O–H groups in total. The summed E-state index contributed by atoms with van der Waals surface area (Å²) in [5.74, 6) is 0.198. The van der Waals surface area contributed by atoms with Crippen molar-refractivity contribution in [3.05, 3.63) is 29.5 Å². The molecule has 4 rings (SSSR count). The summed E-state index contributed by atoms with van der Waals surface area (Å²) in [6.45, 7) is 4.63. The maximum absolute atomic E-state index is 9.88. The molecule has 2 aliphatic heterocycles. The van der Waals surface area contributed by atoms with Crippen molar-refractivity contribution in [1.82, 2.24) is 9.88 Å². The Morgan fingerprint density at radius 2 is 2.29 bits per heavy atom. The van der Waals surface area contributed by atoms with Gasteiger partial charge in [-0.15, -0.1) is 0 Å². The molecule has 3 heterocycles. The van der Waals surface area contributed by atoms with Crippen LogP contribution in [0.1, 0.15) is 43.4 Å². The van der Waals surface area contributed by atoms with Gasteiger partial charge in [0.25, 0.3) is 0 Å². The zero-order valence-electron chi connectivity index (χ0n) is 12.5. The number of piperidine rings is 1. The molecular formula is C17H23N3O. The summed E-state index contributed by atoms with van der Waals surface area (Å²) in [7, 11) is 0. The van der Waals surface area contributed by atoms with Crippen molar-refractivity contribution in [2.45, 2.75) is 37.6 Å². The van der Waals surface area contributed by atoms with Gasteiger partial charge in [-0.1, -0.05) is 6.07 Å². The highest BCUT2D eigenvalue weighted by Crippen LogP contribution is 2.47. The Morgan fingerprint density at radius 3 is 3.10 bits per heavy atom. The van der Waals surface area contributed by atoms with Crippen LogP contribution in [-0.2, 0) is 5.54 Å². The molecule has 4 nitrogen and oxygen atoms in total. The van der Waals surface area contributed by atoms with E-state index in [1.807, 2.05) is 12.1 Å². The third kappa shape index (κ3) is 1.75. The molecular weight excluding hydrogens is 262 g/mol. The van der Waals surface area contributed by atoms with Gasteiger partial charge in [0.1, 0.15) is 0 Å². The summed E-state index contributed by atoms with van der Waals surface area (Å²) in [6.07, 6.45) is 3.71. The van der Waals surface area contributed by atoms with E-state index < -0.39 is 0 Å². The van der Waals surface area contributed by atoms with Gasteiger partial charge in [-0.05, 0) is 50.4 Å². The summed E-state index contributed by atoms with van der Waals surface area (Å²) in [5.41, 5.74) is 10.5. The van der Waals surface area contributed by atoms with Gasteiger partial charge in [0.15, 0.2) is 0 Å². The van der Waals surface area contributed by atoms with Crippen LogP contribution in [0, 0.1) is 0 Å². The van der Waals surface area contributed by atoms with Crippen LogP contribution in [-0.4, -0.2) is 34.7 Å². The number of aliphatic hydroxyl groups excluding tert-OH is 1. The number of nitrogen functional groups attached to an aromatic ring is 1. The van der Waals surface area contributed by atoms with Crippen molar-refractivity contribution >= 4 is 16.6 Å². The average molecular weight is 285 g/mol. The van der Waals surface area contributed by atoms with Crippen LogP contribution in [0.4, 0.5) is 5.69 Å². The second-order valence-corrected chi connectivity index (χ2v) is 6.78. The van der Waals surface area contributed by atoms with Gasteiger partial charge in [-0.3, -0.25) is 4.90 Å². The highest BCUT2D eigenvalue weighted by molar-refractivity contribution is 5.88. The maximum Gasteiger partial charge on any atom is 0.0586 e. The average Bonchev–Trinajstić information content (AvgIpc) is 2.86. The first kappa shape index (κ1) is 13.2. The number of nitrogens with zero attached hydrogens (tertiary/aromatic N) is 1. The first-order valence-corrected chi connectivity index (χ1v) is 7.91. The Kier molecular flexibility index (Phi) is 2.81. The second kappa shape index (κ2) is 4.49. The normalized spacial score (nSPS) is 29.3. The van der Waals surface area contributed by atoms with E-state index in [0.717, 1.165) is 24.3 Å². The van der Waals surface area contributed by atoms with Crippen molar-refractivity contribution in [1.29, 1.82) is 0 Å². The van der Waals surface area contributed by atoms with E-state index >= 15 is 0 Å². The number of nitrogens with one attached hydrogen (secondary N) is 1.